The van der Waals surface area contributed by atoms with Crippen LogP contribution in [0.5, 0.6) is 0 Å². The number of hydrogen-bond donors (Lipinski definition) is 1. The van der Waals surface area contributed by atoms with Gasteiger partial charge in [0.1, 0.15) is 6.04 Å². The fourth-order valence-corrected chi connectivity index (χ4v) is 3.04. The van der Waals surface area contributed by atoms with E-state index in [4.69, 9.17) is 4.74 Å². The Morgan fingerprint density at radius 3 is 2.64 bits per heavy atom. The summed E-state index contributed by atoms with van der Waals surface area (Å²) in [6, 6.07) is 8.66. The summed E-state index contributed by atoms with van der Waals surface area (Å²) in [7, 11) is 0. The summed E-state index contributed by atoms with van der Waals surface area (Å²) in [5.41, 5.74) is 0.744. The summed E-state index contributed by atoms with van der Waals surface area (Å²) in [6.45, 7) is 2.21. The lowest BCUT2D eigenvalue weighted by molar-refractivity contribution is -0.161. The molecular weight excluding hydrogens is 302 g/mol. The monoisotopic (exact) mass is 321 g/mol. The van der Waals surface area contributed by atoms with Crippen molar-refractivity contribution in [2.24, 2.45) is 0 Å². The Balaban J connectivity index is 2.04. The second-order valence-electron chi connectivity index (χ2n) is 5.15. The van der Waals surface area contributed by atoms with Crippen LogP contribution in [0.1, 0.15) is 31.2 Å². The van der Waals surface area contributed by atoms with E-state index in [1.807, 2.05) is 18.2 Å². The van der Waals surface area contributed by atoms with Crippen LogP contribution in [0.2, 0.25) is 0 Å². The molecular formula is C16H19NO4S. The molecule has 0 spiro atoms. The largest absolute Gasteiger partial charge is 0.391 e. The van der Waals surface area contributed by atoms with E-state index in [1.165, 1.54) is 6.92 Å². The zero-order valence-electron chi connectivity index (χ0n) is 12.4. The van der Waals surface area contributed by atoms with E-state index in [1.54, 1.807) is 12.1 Å². The van der Waals surface area contributed by atoms with Gasteiger partial charge in [-0.3, -0.25) is 9.59 Å². The molecule has 22 heavy (non-hydrogen) atoms. The summed E-state index contributed by atoms with van der Waals surface area (Å²) in [6.07, 6.45) is 1.58. The van der Waals surface area contributed by atoms with Gasteiger partial charge in [-0.25, -0.2) is 4.79 Å². The maximum atomic E-state index is 12.3. The van der Waals surface area contributed by atoms with Gasteiger partial charge in [-0.1, -0.05) is 42.1 Å². The Hall–Kier alpha value is -1.66. The predicted molar refractivity (Wildman–Crippen MR) is 84.4 cm³/mol. The molecule has 1 aromatic carbocycles. The minimum atomic E-state index is -0.625. The molecule has 1 aromatic rings. The molecule has 0 radical (unpaired) electrons. The van der Waals surface area contributed by atoms with Gasteiger partial charge in [0.05, 0.1) is 5.92 Å². The number of hydrogen-bond acceptors (Lipinski definition) is 6. The normalized spacial score (nSPS) is 18.7. The summed E-state index contributed by atoms with van der Waals surface area (Å²) in [5, 5.41) is 2.93. The summed E-state index contributed by atoms with van der Waals surface area (Å²) in [5.74, 6) is -1.49. The molecule has 2 atom stereocenters. The highest BCUT2D eigenvalue weighted by Gasteiger charge is 2.30. The van der Waals surface area contributed by atoms with E-state index >= 15 is 0 Å². The molecule has 0 amide bonds. The van der Waals surface area contributed by atoms with Crippen LogP contribution in [0.25, 0.3) is 0 Å². The number of esters is 2. The van der Waals surface area contributed by atoms with Gasteiger partial charge < -0.3 is 10.1 Å². The van der Waals surface area contributed by atoms with Gasteiger partial charge in [-0.15, -0.1) is 0 Å². The van der Waals surface area contributed by atoms with Crippen molar-refractivity contribution in [2.75, 3.05) is 12.3 Å². The van der Waals surface area contributed by atoms with Crippen molar-refractivity contribution >= 4 is 28.8 Å². The Morgan fingerprint density at radius 1 is 1.32 bits per heavy atom. The minimum Gasteiger partial charge on any atom is -0.391 e. The van der Waals surface area contributed by atoms with Gasteiger partial charge in [0.25, 0.3) is 0 Å². The van der Waals surface area contributed by atoms with E-state index in [0.717, 1.165) is 30.3 Å². The number of rotatable bonds is 5. The van der Waals surface area contributed by atoms with E-state index in [0.29, 0.717) is 6.42 Å². The lowest BCUT2D eigenvalue weighted by atomic mass is 10.0. The smallest absolute Gasteiger partial charge is 0.330 e. The highest BCUT2D eigenvalue weighted by Crippen LogP contribution is 2.23. The van der Waals surface area contributed by atoms with Crippen molar-refractivity contribution in [3.05, 3.63) is 35.9 Å². The van der Waals surface area contributed by atoms with E-state index in [-0.39, 0.29) is 10.9 Å². The maximum absolute atomic E-state index is 12.3. The van der Waals surface area contributed by atoms with Gasteiger partial charge in [-0.05, 0) is 24.9 Å². The Morgan fingerprint density at radius 2 is 2.05 bits per heavy atom. The van der Waals surface area contributed by atoms with E-state index in [2.05, 4.69) is 5.32 Å². The van der Waals surface area contributed by atoms with E-state index < -0.39 is 23.9 Å². The van der Waals surface area contributed by atoms with Crippen molar-refractivity contribution in [3.8, 4) is 0 Å². The third-order valence-electron chi connectivity index (χ3n) is 3.49. The molecule has 0 saturated carbocycles. The topological polar surface area (TPSA) is 72.5 Å². The Labute approximate surface area is 133 Å². The molecule has 5 nitrogen and oxygen atoms in total. The third kappa shape index (κ3) is 4.68. The minimum absolute atomic E-state index is 0.0717. The molecule has 0 bridgehead atoms. The molecule has 1 fully saturated rings. The summed E-state index contributed by atoms with van der Waals surface area (Å²) in [4.78, 5) is 35.4. The van der Waals surface area contributed by atoms with Crippen LogP contribution >= 0.6 is 11.8 Å². The number of thioether (sulfide) groups is 1. The molecule has 1 heterocycles. The first kappa shape index (κ1) is 16.7. The molecule has 1 N–H and O–H groups in total. The number of nitrogens with one attached hydrogen (secondary N) is 1. The quantitative estimate of drug-likeness (QED) is 0.659. The lowest BCUT2D eigenvalue weighted by Gasteiger charge is -2.16. The molecule has 1 saturated heterocycles. The van der Waals surface area contributed by atoms with Crippen molar-refractivity contribution in [3.63, 3.8) is 0 Å². The van der Waals surface area contributed by atoms with Crippen LogP contribution in [0, 0.1) is 0 Å². The summed E-state index contributed by atoms with van der Waals surface area (Å²) >= 11 is 1.06. The fraction of sp³-hybridized carbons (Fsp3) is 0.438. The lowest BCUT2D eigenvalue weighted by Crippen LogP contribution is -2.35. The van der Waals surface area contributed by atoms with Crippen molar-refractivity contribution in [2.45, 2.75) is 31.7 Å². The first-order valence-corrected chi connectivity index (χ1v) is 8.23. The van der Waals surface area contributed by atoms with Gasteiger partial charge in [-0.2, -0.15) is 0 Å². The third-order valence-corrected chi connectivity index (χ3v) is 4.39. The average Bonchev–Trinajstić information content (AvgIpc) is 3.02. The van der Waals surface area contributed by atoms with E-state index in [9.17, 15) is 14.4 Å². The Kier molecular flexibility index (Phi) is 6.15. The fourth-order valence-electron chi connectivity index (χ4n) is 2.31. The molecule has 1 unspecified atom stereocenters. The number of ether oxygens (including phenoxy) is 1. The molecule has 118 valence electrons. The highest BCUT2D eigenvalue weighted by atomic mass is 32.2. The highest BCUT2D eigenvalue weighted by molar-refractivity contribution is 8.13. The van der Waals surface area contributed by atoms with Crippen LogP contribution < -0.4 is 5.32 Å². The van der Waals surface area contributed by atoms with Crippen molar-refractivity contribution in [1.82, 2.24) is 5.32 Å². The van der Waals surface area contributed by atoms with Crippen molar-refractivity contribution in [1.29, 1.82) is 0 Å². The van der Waals surface area contributed by atoms with Gasteiger partial charge in [0, 0.05) is 12.7 Å². The first-order valence-electron chi connectivity index (χ1n) is 7.25. The molecule has 1 aliphatic rings. The van der Waals surface area contributed by atoms with Gasteiger partial charge in [0.2, 0.25) is 0 Å². The second kappa shape index (κ2) is 8.10. The average molecular weight is 321 g/mol. The predicted octanol–water partition coefficient (Wildman–Crippen LogP) is 1.87. The molecule has 2 rings (SSSR count). The van der Waals surface area contributed by atoms with Gasteiger partial charge >= 0.3 is 11.9 Å². The standard InChI is InChI=1S/C16H19NO4S/c1-11(18)22-10-13(12-6-3-2-4-7-12)15(19)21-16(20)14-8-5-9-17-14/h2-4,6-7,13-14,17H,5,8-10H2,1H3/t13?,14-/m0/s1. The zero-order chi connectivity index (χ0) is 15.9. The molecule has 1 aliphatic heterocycles. The maximum Gasteiger partial charge on any atom is 0.330 e. The zero-order valence-corrected chi connectivity index (χ0v) is 13.2. The van der Waals surface area contributed by atoms with Crippen LogP contribution in [-0.2, 0) is 19.1 Å². The van der Waals surface area contributed by atoms with Crippen LogP contribution in [0.3, 0.4) is 0 Å². The molecule has 0 aliphatic carbocycles. The van der Waals surface area contributed by atoms with Crippen LogP contribution in [0.4, 0.5) is 0 Å². The number of carbonyl (C=O) groups is 3. The summed E-state index contributed by atoms with van der Waals surface area (Å²) < 4.78 is 5.02. The van der Waals surface area contributed by atoms with Crippen LogP contribution in [-0.4, -0.2) is 35.4 Å². The number of benzene rings is 1. The number of carbonyl (C=O) groups excluding carboxylic acids is 3. The molecule has 6 heteroatoms. The molecule has 0 aromatic heterocycles. The first-order chi connectivity index (χ1) is 10.6. The van der Waals surface area contributed by atoms with Crippen LogP contribution in [0.15, 0.2) is 30.3 Å². The van der Waals surface area contributed by atoms with Crippen molar-refractivity contribution < 1.29 is 19.1 Å². The Bertz CT molecular complexity index is 540. The SMILES string of the molecule is CC(=O)SCC(C(=O)OC(=O)[C@@H]1CCCN1)c1ccccc1. The second-order valence-corrected chi connectivity index (χ2v) is 6.35. The van der Waals surface area contributed by atoms with Gasteiger partial charge in [0.15, 0.2) is 5.12 Å².